The van der Waals surface area contributed by atoms with Gasteiger partial charge in [0.15, 0.2) is 0 Å². The second-order valence-electron chi connectivity index (χ2n) is 17.0. The van der Waals surface area contributed by atoms with Crippen LogP contribution in [0.1, 0.15) is 120 Å². The molecule has 81 heavy (non-hydrogen) atoms. The molecule has 4 aromatic rings. The van der Waals surface area contributed by atoms with Gasteiger partial charge in [-0.05, 0) is 98.2 Å². The van der Waals surface area contributed by atoms with Gasteiger partial charge in [-0.3, -0.25) is 34.0 Å². The van der Waals surface area contributed by atoms with Crippen LogP contribution in [-0.2, 0) is 41.6 Å². The number of methoxy groups -OCH3 is 1. The molecule has 24 heteroatoms. The van der Waals surface area contributed by atoms with Crippen LogP contribution in [-0.4, -0.2) is 133 Å². The second kappa shape index (κ2) is 41.0. The largest absolute Gasteiger partial charge is 0.494 e. The quantitative estimate of drug-likeness (QED) is 0.0378. The number of rotatable bonds is 24. The summed E-state index contributed by atoms with van der Waals surface area (Å²) in [6, 6.07) is 21.7. The normalized spacial score (nSPS) is 12.5. The molecule has 2 aliphatic rings. The maximum atomic E-state index is 12.7. The van der Waals surface area contributed by atoms with Gasteiger partial charge in [0.25, 0.3) is 17.8 Å². The highest BCUT2D eigenvalue weighted by Gasteiger charge is 2.27. The molecule has 0 spiro atoms. The number of hydrogen-bond acceptors (Lipinski definition) is 12. The Morgan fingerprint density at radius 1 is 0.568 bits per heavy atom. The van der Waals surface area contributed by atoms with Crippen molar-refractivity contribution in [1.29, 1.82) is 0 Å². The summed E-state index contributed by atoms with van der Waals surface area (Å²) in [6.45, 7) is 2.71. The number of nitrogens with zero attached hydrogens (tertiary/aromatic N) is 4. The van der Waals surface area contributed by atoms with E-state index in [2.05, 4.69) is 20.6 Å². The van der Waals surface area contributed by atoms with Crippen molar-refractivity contribution in [2.45, 2.75) is 113 Å². The first-order valence-electron chi connectivity index (χ1n) is 23.8. The highest BCUT2D eigenvalue weighted by Crippen LogP contribution is 2.26. The first-order chi connectivity index (χ1) is 35.8. The minimum absolute atomic E-state index is 0. The summed E-state index contributed by atoms with van der Waals surface area (Å²) in [4.78, 5) is 93.0. The van der Waals surface area contributed by atoms with Gasteiger partial charge >= 0.3 is 11.9 Å². The highest BCUT2D eigenvalue weighted by molar-refractivity contribution is 7.59. The summed E-state index contributed by atoms with van der Waals surface area (Å²) in [7, 11) is 4.78. The Morgan fingerprint density at radius 3 is 1.21 bits per heavy atom. The fraction of sp³-hybridized carbons (Fsp3) is 0.421. The highest BCUT2D eigenvalue weighted by atomic mass is 35.5. The molecular weight excluding hydrogens is 1170 g/mol. The predicted octanol–water partition coefficient (Wildman–Crippen LogP) is 11.4. The Morgan fingerprint density at radius 2 is 0.901 bits per heavy atom. The van der Waals surface area contributed by atoms with Crippen LogP contribution >= 0.6 is 73.4 Å². The van der Waals surface area contributed by atoms with E-state index in [9.17, 15) is 33.9 Å². The summed E-state index contributed by atoms with van der Waals surface area (Å²) in [6.07, 6.45) is 7.42. The van der Waals surface area contributed by atoms with Crippen molar-refractivity contribution >= 4 is 127 Å². The fourth-order valence-electron chi connectivity index (χ4n) is 7.37. The van der Waals surface area contributed by atoms with Crippen molar-refractivity contribution in [3.63, 3.8) is 0 Å². The first-order valence-corrected chi connectivity index (χ1v) is 25.3. The molecule has 0 unspecified atom stereocenters. The van der Waals surface area contributed by atoms with Gasteiger partial charge in [0.1, 0.15) is 48.3 Å². The van der Waals surface area contributed by atoms with E-state index in [0.29, 0.717) is 24.7 Å². The Hall–Kier alpha value is -6.03. The number of nitrogens with one attached hydrogen (secondary N) is 2. The Balaban J connectivity index is -0.00000132. The van der Waals surface area contributed by atoms with Crippen molar-refractivity contribution in [2.75, 3.05) is 47.5 Å². The van der Waals surface area contributed by atoms with Crippen LogP contribution in [0, 0.1) is 0 Å². The summed E-state index contributed by atoms with van der Waals surface area (Å²) in [5.41, 5.74) is 1.70. The Labute approximate surface area is 511 Å². The van der Waals surface area contributed by atoms with Gasteiger partial charge in [-0.25, -0.2) is 9.59 Å². The molecular formula is C57H80Cl4N6O12S2. The van der Waals surface area contributed by atoms with Crippen molar-refractivity contribution in [3.8, 4) is 11.5 Å². The van der Waals surface area contributed by atoms with E-state index in [1.807, 2.05) is 24.3 Å². The summed E-state index contributed by atoms with van der Waals surface area (Å²) in [5.74, 6) is -0.609. The SMILES string of the molecule is C.C.C.C.CC(=O)O.CN1C(=O)CN=C1CCCCCOc1ccc(C[C@H](NC(=O)c2c(Cl)cccc2Cl)C(=O)O)cc1.COC(=O)[C@H](Cc1ccc(OCCCCCC2=NCC(=O)N2C)cc1)NC(=O)c1c(Cl)cccc1Cl.S.S. The number of esters is 1. The number of unbranched alkanes of at least 4 members (excludes halogenated alkanes) is 4. The van der Waals surface area contributed by atoms with Crippen molar-refractivity contribution in [1.82, 2.24) is 20.4 Å². The number of carboxylic acids is 2. The molecule has 4 aromatic carbocycles. The third kappa shape index (κ3) is 26.6. The van der Waals surface area contributed by atoms with Crippen molar-refractivity contribution in [3.05, 3.63) is 127 Å². The molecule has 4 amide bonds. The number of amidine groups is 2. The predicted molar refractivity (Wildman–Crippen MR) is 334 cm³/mol. The van der Waals surface area contributed by atoms with E-state index < -0.39 is 41.8 Å². The average molecular weight is 1250 g/mol. The van der Waals surface area contributed by atoms with E-state index in [-0.39, 0.29) is 126 Å². The van der Waals surface area contributed by atoms with Crippen molar-refractivity contribution in [2.24, 2.45) is 9.98 Å². The number of hydrogen-bond donors (Lipinski definition) is 4. The number of benzene rings is 4. The van der Waals surface area contributed by atoms with Gasteiger partial charge < -0.3 is 44.9 Å². The molecule has 0 saturated heterocycles. The van der Waals surface area contributed by atoms with Crippen LogP contribution in [0.25, 0.3) is 0 Å². The number of aliphatic carboxylic acids is 2. The molecule has 0 fully saturated rings. The van der Waals surface area contributed by atoms with E-state index >= 15 is 0 Å². The van der Waals surface area contributed by atoms with Gasteiger partial charge in [-0.2, -0.15) is 27.0 Å². The molecule has 0 bridgehead atoms. The fourth-order valence-corrected chi connectivity index (χ4v) is 8.51. The molecule has 2 heterocycles. The zero-order valence-corrected chi connectivity index (χ0v) is 47.9. The lowest BCUT2D eigenvalue weighted by molar-refractivity contribution is -0.143. The maximum absolute atomic E-state index is 12.7. The molecule has 18 nitrogen and oxygen atoms in total. The zero-order chi connectivity index (χ0) is 55.0. The molecule has 0 radical (unpaired) electrons. The minimum atomic E-state index is -1.17. The lowest BCUT2D eigenvalue weighted by atomic mass is 10.0. The number of carbonyl (C=O) groups is 7. The van der Waals surface area contributed by atoms with Gasteiger partial charge in [-0.15, -0.1) is 0 Å². The topological polar surface area (TPSA) is 243 Å². The average Bonchev–Trinajstić information content (AvgIpc) is 3.87. The Bertz CT molecular complexity index is 2660. The van der Waals surface area contributed by atoms with Gasteiger partial charge in [0, 0.05) is 46.7 Å². The number of amides is 4. The van der Waals surface area contributed by atoms with Crippen LogP contribution in [0.2, 0.25) is 20.1 Å². The lowest BCUT2D eigenvalue weighted by Gasteiger charge is -2.18. The maximum Gasteiger partial charge on any atom is 0.328 e. The minimum Gasteiger partial charge on any atom is -0.494 e. The van der Waals surface area contributed by atoms with E-state index in [1.165, 1.54) is 19.2 Å². The molecule has 2 atom stereocenters. The van der Waals surface area contributed by atoms with Crippen molar-refractivity contribution < 1.29 is 58.0 Å². The zero-order valence-electron chi connectivity index (χ0n) is 42.9. The number of halogens is 4. The summed E-state index contributed by atoms with van der Waals surface area (Å²) >= 11 is 24.3. The van der Waals surface area contributed by atoms with Gasteiger partial charge in [-0.1, -0.05) is 113 Å². The molecule has 450 valence electrons. The molecule has 6 rings (SSSR count). The molecule has 0 saturated carbocycles. The van der Waals surface area contributed by atoms with E-state index in [0.717, 1.165) is 81.1 Å². The van der Waals surface area contributed by atoms with Crippen LogP contribution < -0.4 is 20.1 Å². The summed E-state index contributed by atoms with van der Waals surface area (Å²) < 4.78 is 16.4. The first kappa shape index (κ1) is 79.2. The van der Waals surface area contributed by atoms with Crippen LogP contribution in [0.15, 0.2) is 94.9 Å². The summed E-state index contributed by atoms with van der Waals surface area (Å²) in [5, 5.41) is 22.8. The van der Waals surface area contributed by atoms with E-state index in [4.69, 9.17) is 70.5 Å². The van der Waals surface area contributed by atoms with E-state index in [1.54, 1.807) is 72.4 Å². The lowest BCUT2D eigenvalue weighted by Crippen LogP contribution is -2.43. The number of likely N-dealkylation sites (N-methyl/N-ethyl adjacent to an activating group) is 2. The van der Waals surface area contributed by atoms with Crippen LogP contribution in [0.5, 0.6) is 11.5 Å². The van der Waals surface area contributed by atoms with Gasteiger partial charge in [0.2, 0.25) is 11.8 Å². The van der Waals surface area contributed by atoms with Crippen LogP contribution in [0.3, 0.4) is 0 Å². The molecule has 2 aliphatic heterocycles. The standard InChI is InChI=1S/C26H29Cl2N3O5.C25H27Cl2N3O5.C2H4O2.4CH4.2H2S/c1-31-22(29-16-23(31)32)9-4-3-5-14-36-18-12-10-17(11-13-18)15-21(26(34)35-2)30-25(33)24-19(27)7-6-8-20(24)28;1-30-21(28-15-22(30)31)8-3-2-4-13-35-17-11-9-16(10-12-17)14-20(25(33)34)29-24(32)23-18(26)6-5-7-19(23)27;1-2(3)4;;;;;;/h6-8,10-13,21H,3-5,9,14-16H2,1-2H3,(H,30,33);5-7,9-12,20H,2-4,8,13-15H2,1H3,(H,29,32)(H,33,34);1H3,(H,3,4);4*1H4;2*1H2/t21-;20-;;;;;;;/m00......./s1. The second-order valence-corrected chi connectivity index (χ2v) is 18.6. The smallest absolute Gasteiger partial charge is 0.328 e. The number of ether oxygens (including phenoxy) is 3. The number of carbonyl (C=O) groups excluding carboxylic acids is 5. The molecule has 0 aromatic heterocycles. The molecule has 0 aliphatic carbocycles. The monoisotopic (exact) mass is 1240 g/mol. The van der Waals surface area contributed by atoms with Crippen LogP contribution in [0.4, 0.5) is 0 Å². The molecule has 4 N–H and O–H groups in total. The Kier molecular flexibility index (Phi) is 40.1. The third-order valence-corrected chi connectivity index (χ3v) is 12.7. The third-order valence-electron chi connectivity index (χ3n) is 11.4. The van der Waals surface area contributed by atoms with Gasteiger partial charge in [0.05, 0.1) is 51.5 Å². The number of carboxylic acid groups (broad SMARTS) is 2. The number of aliphatic imine (C=N–C) groups is 2.